The minimum Gasteiger partial charge on any atom is -0.381 e. The first-order chi connectivity index (χ1) is 10.3. The lowest BCUT2D eigenvalue weighted by atomic mass is 9.99. The molecule has 2 heterocycles. The Hall–Kier alpha value is -1.59. The van der Waals surface area contributed by atoms with E-state index in [1.807, 2.05) is 24.3 Å². The Balaban J connectivity index is 1.46. The second-order valence-corrected chi connectivity index (χ2v) is 5.72. The Morgan fingerprint density at radius 2 is 2.05 bits per heavy atom. The molecule has 1 aliphatic rings. The molecule has 1 aliphatic heterocycles. The highest BCUT2D eigenvalue weighted by molar-refractivity contribution is 5.74. The number of benzene rings is 1. The molecule has 1 aromatic heterocycles. The number of ether oxygens (including phenoxy) is 1. The average Bonchev–Trinajstić information content (AvgIpc) is 2.84. The van der Waals surface area contributed by atoms with Crippen LogP contribution in [0.15, 0.2) is 29.1 Å². The van der Waals surface area contributed by atoms with Gasteiger partial charge in [-0.25, -0.2) is 4.79 Å². The third-order valence-electron chi connectivity index (χ3n) is 4.16. The topological polar surface area (TPSA) is 59.0 Å². The summed E-state index contributed by atoms with van der Waals surface area (Å²) < 4.78 is 7.56. The third kappa shape index (κ3) is 3.54. The molecular weight excluding hydrogens is 266 g/mol. The number of nitrogens with one attached hydrogen (secondary N) is 2. The molecule has 0 unspecified atom stereocenters. The molecule has 0 amide bonds. The van der Waals surface area contributed by atoms with Crippen molar-refractivity contribution in [3.8, 4) is 0 Å². The largest absolute Gasteiger partial charge is 0.381 e. The number of para-hydroxylation sites is 2. The standard InChI is InChI=1S/C16H23N3O2/c20-16-18-14-4-1-2-5-15(14)19(16)10-3-11-21-12-13-6-8-17-9-7-13/h1-2,4-5,13,17H,3,6-12H2,(H,18,20). The Morgan fingerprint density at radius 3 is 2.90 bits per heavy atom. The summed E-state index contributed by atoms with van der Waals surface area (Å²) in [6, 6.07) is 7.80. The van der Waals surface area contributed by atoms with Crippen molar-refractivity contribution in [2.45, 2.75) is 25.8 Å². The second kappa shape index (κ2) is 6.91. The zero-order valence-corrected chi connectivity index (χ0v) is 12.3. The molecular formula is C16H23N3O2. The number of hydrogen-bond donors (Lipinski definition) is 2. The zero-order chi connectivity index (χ0) is 14.5. The minimum atomic E-state index is -0.0328. The molecule has 1 fully saturated rings. The number of nitrogens with zero attached hydrogens (tertiary/aromatic N) is 1. The van der Waals surface area contributed by atoms with Crippen LogP contribution < -0.4 is 11.0 Å². The first kappa shape index (κ1) is 14.4. The molecule has 2 N–H and O–H groups in total. The average molecular weight is 289 g/mol. The van der Waals surface area contributed by atoms with Gasteiger partial charge in [0.2, 0.25) is 0 Å². The van der Waals surface area contributed by atoms with E-state index in [2.05, 4.69) is 10.3 Å². The van der Waals surface area contributed by atoms with E-state index >= 15 is 0 Å². The van der Waals surface area contributed by atoms with E-state index < -0.39 is 0 Å². The van der Waals surface area contributed by atoms with Gasteiger partial charge in [-0.1, -0.05) is 12.1 Å². The van der Waals surface area contributed by atoms with Gasteiger partial charge in [-0.2, -0.15) is 0 Å². The van der Waals surface area contributed by atoms with Crippen molar-refractivity contribution in [3.63, 3.8) is 0 Å². The number of fused-ring (bicyclic) bond motifs is 1. The summed E-state index contributed by atoms with van der Waals surface area (Å²) >= 11 is 0. The molecule has 3 rings (SSSR count). The number of aromatic nitrogens is 2. The molecule has 0 spiro atoms. The molecule has 5 nitrogen and oxygen atoms in total. The Kier molecular flexibility index (Phi) is 4.72. The van der Waals surface area contributed by atoms with Gasteiger partial charge in [0.15, 0.2) is 0 Å². The highest BCUT2D eigenvalue weighted by atomic mass is 16.5. The molecule has 0 atom stereocenters. The fourth-order valence-corrected chi connectivity index (χ4v) is 2.95. The van der Waals surface area contributed by atoms with Gasteiger partial charge < -0.3 is 15.0 Å². The van der Waals surface area contributed by atoms with Crippen LogP contribution in [0.25, 0.3) is 11.0 Å². The highest BCUT2D eigenvalue weighted by Crippen LogP contribution is 2.12. The predicted octanol–water partition coefficient (Wildman–Crippen LogP) is 1.74. The third-order valence-corrected chi connectivity index (χ3v) is 4.16. The van der Waals surface area contributed by atoms with Crippen LogP contribution in [0.2, 0.25) is 0 Å². The van der Waals surface area contributed by atoms with E-state index in [0.717, 1.165) is 43.8 Å². The number of imidazole rings is 1. The first-order valence-corrected chi connectivity index (χ1v) is 7.80. The summed E-state index contributed by atoms with van der Waals surface area (Å²) in [7, 11) is 0. The zero-order valence-electron chi connectivity index (χ0n) is 12.3. The van der Waals surface area contributed by atoms with E-state index in [1.165, 1.54) is 12.8 Å². The fourth-order valence-electron chi connectivity index (χ4n) is 2.95. The van der Waals surface area contributed by atoms with Crippen LogP contribution in [0.4, 0.5) is 0 Å². The number of piperidine rings is 1. The summed E-state index contributed by atoms with van der Waals surface area (Å²) in [5, 5.41) is 3.36. The Bertz CT molecular complexity index is 626. The SMILES string of the molecule is O=c1[nH]c2ccccc2n1CCCOCC1CCNCC1. The van der Waals surface area contributed by atoms with Crippen LogP contribution in [0.3, 0.4) is 0 Å². The number of rotatable bonds is 6. The molecule has 5 heteroatoms. The summed E-state index contributed by atoms with van der Waals surface area (Å²) in [6.45, 7) is 4.49. The van der Waals surface area contributed by atoms with Crippen molar-refractivity contribution in [1.29, 1.82) is 0 Å². The normalized spacial score (nSPS) is 16.6. The van der Waals surface area contributed by atoms with Crippen molar-refractivity contribution in [2.24, 2.45) is 5.92 Å². The highest BCUT2D eigenvalue weighted by Gasteiger charge is 2.12. The van der Waals surface area contributed by atoms with Gasteiger partial charge in [0.05, 0.1) is 11.0 Å². The maximum atomic E-state index is 11.9. The van der Waals surface area contributed by atoms with Crippen LogP contribution in [0.5, 0.6) is 0 Å². The van der Waals surface area contributed by atoms with E-state index in [1.54, 1.807) is 4.57 Å². The molecule has 114 valence electrons. The van der Waals surface area contributed by atoms with Crippen LogP contribution in [-0.4, -0.2) is 35.9 Å². The van der Waals surface area contributed by atoms with E-state index in [-0.39, 0.29) is 5.69 Å². The molecule has 1 saturated heterocycles. The summed E-state index contributed by atoms with van der Waals surface area (Å²) in [4.78, 5) is 14.8. The van der Waals surface area contributed by atoms with Crippen molar-refractivity contribution < 1.29 is 4.74 Å². The molecule has 0 radical (unpaired) electrons. The van der Waals surface area contributed by atoms with Gasteiger partial charge in [-0.15, -0.1) is 0 Å². The van der Waals surface area contributed by atoms with E-state index in [4.69, 9.17) is 4.74 Å². The van der Waals surface area contributed by atoms with Crippen molar-refractivity contribution in [2.75, 3.05) is 26.3 Å². The summed E-state index contributed by atoms with van der Waals surface area (Å²) in [5.74, 6) is 0.696. The van der Waals surface area contributed by atoms with Crippen molar-refractivity contribution in [3.05, 3.63) is 34.7 Å². The van der Waals surface area contributed by atoms with Gasteiger partial charge in [0, 0.05) is 19.8 Å². The van der Waals surface area contributed by atoms with Gasteiger partial charge >= 0.3 is 5.69 Å². The smallest absolute Gasteiger partial charge is 0.326 e. The van der Waals surface area contributed by atoms with Crippen molar-refractivity contribution in [1.82, 2.24) is 14.9 Å². The van der Waals surface area contributed by atoms with Crippen LogP contribution in [-0.2, 0) is 11.3 Å². The lowest BCUT2D eigenvalue weighted by Crippen LogP contribution is -2.30. The number of hydrogen-bond acceptors (Lipinski definition) is 3. The Labute approximate surface area is 124 Å². The molecule has 0 saturated carbocycles. The van der Waals surface area contributed by atoms with E-state index in [0.29, 0.717) is 12.5 Å². The minimum absolute atomic E-state index is 0.0328. The van der Waals surface area contributed by atoms with Crippen molar-refractivity contribution >= 4 is 11.0 Å². The maximum absolute atomic E-state index is 11.9. The van der Waals surface area contributed by atoms with Gasteiger partial charge in [0.25, 0.3) is 0 Å². The molecule has 0 bridgehead atoms. The molecule has 2 aromatic rings. The van der Waals surface area contributed by atoms with Crippen LogP contribution in [0, 0.1) is 5.92 Å². The molecule has 0 aliphatic carbocycles. The van der Waals surface area contributed by atoms with Crippen LogP contribution in [0.1, 0.15) is 19.3 Å². The lowest BCUT2D eigenvalue weighted by Gasteiger charge is -2.22. The number of H-pyrrole nitrogens is 1. The maximum Gasteiger partial charge on any atom is 0.326 e. The number of aromatic amines is 1. The van der Waals surface area contributed by atoms with Crippen LogP contribution >= 0.6 is 0 Å². The second-order valence-electron chi connectivity index (χ2n) is 5.72. The summed E-state index contributed by atoms with van der Waals surface area (Å²) in [5.41, 5.74) is 1.84. The molecule has 1 aromatic carbocycles. The monoisotopic (exact) mass is 289 g/mol. The lowest BCUT2D eigenvalue weighted by molar-refractivity contribution is 0.0842. The van der Waals surface area contributed by atoms with E-state index in [9.17, 15) is 4.79 Å². The first-order valence-electron chi connectivity index (χ1n) is 7.80. The predicted molar refractivity (Wildman–Crippen MR) is 83.6 cm³/mol. The Morgan fingerprint density at radius 1 is 1.24 bits per heavy atom. The molecule has 21 heavy (non-hydrogen) atoms. The van der Waals surface area contributed by atoms with Gasteiger partial charge in [-0.3, -0.25) is 4.57 Å². The quantitative estimate of drug-likeness (QED) is 0.796. The summed E-state index contributed by atoms with van der Waals surface area (Å²) in [6.07, 6.45) is 3.29. The van der Waals surface area contributed by atoms with Gasteiger partial charge in [0.1, 0.15) is 0 Å². The number of aryl methyl sites for hydroxylation is 1. The fraction of sp³-hybridized carbons (Fsp3) is 0.562. The van der Waals surface area contributed by atoms with Gasteiger partial charge in [-0.05, 0) is 50.4 Å².